The van der Waals surface area contributed by atoms with E-state index in [4.69, 9.17) is 14.7 Å². The maximum atomic E-state index is 14.0. The molecule has 0 radical (unpaired) electrons. The number of hydrogen-bond acceptors (Lipinski definition) is 7. The van der Waals surface area contributed by atoms with Gasteiger partial charge in [-0.25, -0.2) is 14.8 Å². The Bertz CT molecular complexity index is 1530. The standard InChI is InChI=1S/C34H41N5O3/c1-21-18-28(35-22(2)29(21)32(41)42-7)37-16-17-39(34(5,6)20-37)31(40)26-14-15-27-30(36-26)33(3,4)19-38(27)25-12-10-24(11-13-25)23-8-9-23/h10-15,18,23H,8-9,16-17,19-20H2,1-7H3. The minimum atomic E-state index is -0.453. The number of esters is 1. The highest BCUT2D eigenvalue weighted by Gasteiger charge is 2.41. The highest BCUT2D eigenvalue weighted by atomic mass is 16.5. The Hall–Kier alpha value is -3.94. The molecule has 0 unspecified atom stereocenters. The molecule has 4 heterocycles. The lowest BCUT2D eigenvalue weighted by Crippen LogP contribution is -2.61. The Kier molecular flexibility index (Phi) is 6.78. The Morgan fingerprint density at radius 1 is 0.929 bits per heavy atom. The van der Waals surface area contributed by atoms with Gasteiger partial charge < -0.3 is 19.4 Å². The number of carbonyl (C=O) groups excluding carboxylic acids is 2. The van der Waals surface area contributed by atoms with Crippen molar-refractivity contribution < 1.29 is 14.3 Å². The molecular formula is C34H41N5O3. The highest BCUT2D eigenvalue weighted by Crippen LogP contribution is 2.45. The largest absolute Gasteiger partial charge is 0.465 e. The summed E-state index contributed by atoms with van der Waals surface area (Å²) in [4.78, 5) is 42.4. The van der Waals surface area contributed by atoms with Crippen LogP contribution in [0.25, 0.3) is 0 Å². The lowest BCUT2D eigenvalue weighted by Gasteiger charge is -2.47. The van der Waals surface area contributed by atoms with Gasteiger partial charge in [0.05, 0.1) is 35.3 Å². The third-order valence-corrected chi connectivity index (χ3v) is 9.08. The molecule has 0 atom stereocenters. The molecule has 2 aliphatic heterocycles. The molecule has 0 bridgehead atoms. The van der Waals surface area contributed by atoms with Crippen LogP contribution >= 0.6 is 0 Å². The number of benzene rings is 1. The van der Waals surface area contributed by atoms with Gasteiger partial charge >= 0.3 is 5.97 Å². The molecule has 1 saturated heterocycles. The Morgan fingerprint density at radius 3 is 2.26 bits per heavy atom. The van der Waals surface area contributed by atoms with Crippen LogP contribution in [0.2, 0.25) is 0 Å². The SMILES string of the molecule is COC(=O)c1c(C)cc(N2CCN(C(=O)c3ccc4c(n3)C(C)(C)CN4c3ccc(C4CC4)cc3)C(C)(C)C2)nc1C. The van der Waals surface area contributed by atoms with Gasteiger partial charge in [0.1, 0.15) is 11.5 Å². The Labute approximate surface area is 248 Å². The van der Waals surface area contributed by atoms with Crippen molar-refractivity contribution >= 4 is 29.1 Å². The fourth-order valence-electron chi connectivity index (χ4n) is 6.66. The summed E-state index contributed by atoms with van der Waals surface area (Å²) < 4.78 is 4.94. The van der Waals surface area contributed by atoms with Crippen LogP contribution in [-0.2, 0) is 10.2 Å². The number of nitrogens with zero attached hydrogens (tertiary/aromatic N) is 5. The van der Waals surface area contributed by atoms with Crippen LogP contribution in [0, 0.1) is 13.8 Å². The first-order chi connectivity index (χ1) is 19.9. The van der Waals surface area contributed by atoms with Crippen LogP contribution in [0.4, 0.5) is 17.2 Å². The van der Waals surface area contributed by atoms with Crippen LogP contribution < -0.4 is 9.80 Å². The molecule has 6 rings (SSSR count). The topological polar surface area (TPSA) is 78.9 Å². The molecule has 220 valence electrons. The molecule has 3 aromatic rings. The average molecular weight is 568 g/mol. The second-order valence-electron chi connectivity index (χ2n) is 13.3. The predicted molar refractivity (Wildman–Crippen MR) is 165 cm³/mol. The quantitative estimate of drug-likeness (QED) is 0.354. The first-order valence-electron chi connectivity index (χ1n) is 14.9. The van der Waals surface area contributed by atoms with Gasteiger partial charge in [0.25, 0.3) is 5.91 Å². The molecule has 8 heteroatoms. The van der Waals surface area contributed by atoms with Gasteiger partial charge in [-0.3, -0.25) is 4.79 Å². The van der Waals surface area contributed by atoms with Gasteiger partial charge in [-0.1, -0.05) is 26.0 Å². The zero-order chi connectivity index (χ0) is 30.0. The van der Waals surface area contributed by atoms with Crippen LogP contribution in [0.15, 0.2) is 42.5 Å². The van der Waals surface area contributed by atoms with Crippen molar-refractivity contribution in [1.82, 2.24) is 14.9 Å². The number of methoxy groups -OCH3 is 1. The molecule has 1 aliphatic carbocycles. The van der Waals surface area contributed by atoms with E-state index in [1.165, 1.54) is 31.2 Å². The summed E-state index contributed by atoms with van der Waals surface area (Å²) in [6.45, 7) is 14.9. The number of rotatable bonds is 5. The molecule has 8 nitrogen and oxygen atoms in total. The number of anilines is 3. The van der Waals surface area contributed by atoms with Crippen LogP contribution in [0.1, 0.15) is 89.8 Å². The van der Waals surface area contributed by atoms with Crippen molar-refractivity contribution in [3.8, 4) is 0 Å². The van der Waals surface area contributed by atoms with E-state index in [1.807, 2.05) is 30.9 Å². The first kappa shape index (κ1) is 28.2. The monoisotopic (exact) mass is 567 g/mol. The molecule has 2 aromatic heterocycles. The Morgan fingerprint density at radius 2 is 1.64 bits per heavy atom. The molecule has 42 heavy (non-hydrogen) atoms. The van der Waals surface area contributed by atoms with Gasteiger partial charge in [-0.05, 0) is 87.9 Å². The number of pyridine rings is 2. The molecule has 1 saturated carbocycles. The third kappa shape index (κ3) is 4.91. The van der Waals surface area contributed by atoms with Gasteiger partial charge in [0.2, 0.25) is 0 Å². The van der Waals surface area contributed by atoms with Crippen LogP contribution in [0.5, 0.6) is 0 Å². The third-order valence-electron chi connectivity index (χ3n) is 9.08. The summed E-state index contributed by atoms with van der Waals surface area (Å²) in [6.07, 6.45) is 2.59. The van der Waals surface area contributed by atoms with E-state index in [-0.39, 0.29) is 17.3 Å². The van der Waals surface area contributed by atoms with E-state index in [1.54, 1.807) is 0 Å². The second-order valence-corrected chi connectivity index (χ2v) is 13.3. The van der Waals surface area contributed by atoms with Crippen molar-refractivity contribution in [2.45, 2.75) is 71.3 Å². The minimum absolute atomic E-state index is 0.0492. The molecule has 2 fully saturated rings. The maximum absolute atomic E-state index is 14.0. The number of carbonyl (C=O) groups is 2. The lowest BCUT2D eigenvalue weighted by atomic mass is 9.91. The van der Waals surface area contributed by atoms with Crippen LogP contribution in [0.3, 0.4) is 0 Å². The number of amides is 1. The molecule has 3 aliphatic rings. The summed E-state index contributed by atoms with van der Waals surface area (Å²) in [5.74, 6) is 1.12. The van der Waals surface area contributed by atoms with E-state index in [9.17, 15) is 9.59 Å². The van der Waals surface area contributed by atoms with E-state index in [2.05, 4.69) is 67.8 Å². The van der Waals surface area contributed by atoms with Crippen molar-refractivity contribution in [3.63, 3.8) is 0 Å². The maximum Gasteiger partial charge on any atom is 0.339 e. The van der Waals surface area contributed by atoms with E-state index in [0.29, 0.717) is 36.6 Å². The summed E-state index contributed by atoms with van der Waals surface area (Å²) >= 11 is 0. The van der Waals surface area contributed by atoms with E-state index < -0.39 is 5.54 Å². The van der Waals surface area contributed by atoms with Crippen molar-refractivity contribution in [2.24, 2.45) is 0 Å². The van der Waals surface area contributed by atoms with Gasteiger partial charge in [0, 0.05) is 37.3 Å². The summed E-state index contributed by atoms with van der Waals surface area (Å²) in [6, 6.07) is 14.9. The lowest BCUT2D eigenvalue weighted by molar-refractivity contribution is 0.0505. The molecular weight excluding hydrogens is 526 g/mol. The second kappa shape index (κ2) is 10.1. The Balaban J connectivity index is 1.22. The van der Waals surface area contributed by atoms with Crippen molar-refractivity contribution in [2.75, 3.05) is 43.1 Å². The molecule has 1 aromatic carbocycles. The summed E-state index contributed by atoms with van der Waals surface area (Å²) in [5.41, 5.74) is 6.48. The number of aromatic nitrogens is 2. The van der Waals surface area contributed by atoms with Crippen molar-refractivity contribution in [1.29, 1.82) is 0 Å². The number of aryl methyl sites for hydroxylation is 2. The summed E-state index contributed by atoms with van der Waals surface area (Å²) in [7, 11) is 1.38. The molecule has 0 spiro atoms. The number of ether oxygens (including phenoxy) is 1. The summed E-state index contributed by atoms with van der Waals surface area (Å²) in [5, 5.41) is 0. The molecule has 0 N–H and O–H groups in total. The normalized spacial score (nSPS) is 19.1. The van der Waals surface area contributed by atoms with Gasteiger partial charge in [0.15, 0.2) is 0 Å². The molecule has 1 amide bonds. The van der Waals surface area contributed by atoms with Crippen LogP contribution in [-0.4, -0.2) is 65.6 Å². The predicted octanol–water partition coefficient (Wildman–Crippen LogP) is 5.93. The van der Waals surface area contributed by atoms with E-state index in [0.717, 1.165) is 35.2 Å². The fraction of sp³-hybridized carbons (Fsp3) is 0.471. The highest BCUT2D eigenvalue weighted by molar-refractivity contribution is 5.94. The zero-order valence-electron chi connectivity index (χ0n) is 25.8. The smallest absolute Gasteiger partial charge is 0.339 e. The number of hydrogen-bond donors (Lipinski definition) is 0. The fourth-order valence-corrected chi connectivity index (χ4v) is 6.66. The average Bonchev–Trinajstić information content (AvgIpc) is 3.76. The van der Waals surface area contributed by atoms with Crippen molar-refractivity contribution in [3.05, 3.63) is 76.2 Å². The van der Waals surface area contributed by atoms with Gasteiger partial charge in [-0.2, -0.15) is 0 Å². The zero-order valence-corrected chi connectivity index (χ0v) is 25.8. The van der Waals surface area contributed by atoms with E-state index >= 15 is 0 Å². The minimum Gasteiger partial charge on any atom is -0.465 e. The number of piperazine rings is 1. The van der Waals surface area contributed by atoms with Gasteiger partial charge in [-0.15, -0.1) is 0 Å². The number of fused-ring (bicyclic) bond motifs is 1. The first-order valence-corrected chi connectivity index (χ1v) is 14.9.